The quantitative estimate of drug-likeness (QED) is 0.696. The highest BCUT2D eigenvalue weighted by atomic mass is 32.1. The highest BCUT2D eigenvalue weighted by Gasteiger charge is 2.07. The second-order valence-corrected chi connectivity index (χ2v) is 5.82. The highest BCUT2D eigenvalue weighted by Crippen LogP contribution is 2.20. The molecule has 1 aromatic carbocycles. The summed E-state index contributed by atoms with van der Waals surface area (Å²) in [7, 11) is 1.61. The molecule has 0 atom stereocenters. The molecule has 0 saturated carbocycles. The van der Waals surface area contributed by atoms with Gasteiger partial charge in [-0.25, -0.2) is 4.98 Å². The Labute approximate surface area is 131 Å². The summed E-state index contributed by atoms with van der Waals surface area (Å²) in [6.45, 7) is 2.06. The zero-order valence-corrected chi connectivity index (χ0v) is 13.1. The summed E-state index contributed by atoms with van der Waals surface area (Å²) in [6, 6.07) is 9.36. The molecule has 0 bridgehead atoms. The van der Waals surface area contributed by atoms with E-state index in [2.05, 4.69) is 17.0 Å². The minimum absolute atomic E-state index is 0.153. The van der Waals surface area contributed by atoms with E-state index in [-0.39, 0.29) is 5.56 Å². The van der Waals surface area contributed by atoms with Crippen molar-refractivity contribution < 1.29 is 4.74 Å². The van der Waals surface area contributed by atoms with Crippen LogP contribution in [0.1, 0.15) is 17.4 Å². The summed E-state index contributed by atoms with van der Waals surface area (Å²) in [5, 5.41) is 4.82. The number of ether oxygens (including phenoxy) is 1. The molecule has 0 spiro atoms. The van der Waals surface area contributed by atoms with Crippen LogP contribution in [0.15, 0.2) is 46.6 Å². The van der Waals surface area contributed by atoms with Crippen molar-refractivity contribution in [1.82, 2.24) is 9.66 Å². The Kier molecular flexibility index (Phi) is 4.02. The Morgan fingerprint density at radius 1 is 1.41 bits per heavy atom. The van der Waals surface area contributed by atoms with Crippen LogP contribution in [-0.2, 0) is 6.42 Å². The molecule has 0 aliphatic carbocycles. The molecule has 0 amide bonds. The number of hydrogen-bond acceptors (Lipinski definition) is 5. The van der Waals surface area contributed by atoms with Gasteiger partial charge in [-0.15, -0.1) is 11.3 Å². The fourth-order valence-electron chi connectivity index (χ4n) is 2.07. The van der Waals surface area contributed by atoms with Gasteiger partial charge < -0.3 is 4.74 Å². The molecule has 0 saturated heterocycles. The average Bonchev–Trinajstić information content (AvgIpc) is 2.99. The molecular formula is C16H15N3O2S. The molecule has 112 valence electrons. The van der Waals surface area contributed by atoms with Crippen LogP contribution < -0.4 is 10.3 Å². The van der Waals surface area contributed by atoms with Crippen molar-refractivity contribution in [3.8, 4) is 5.75 Å². The summed E-state index contributed by atoms with van der Waals surface area (Å²) in [5.74, 6) is 0.746. The first-order chi connectivity index (χ1) is 10.7. The lowest BCUT2D eigenvalue weighted by atomic mass is 10.2. The molecule has 0 aliphatic heterocycles. The van der Waals surface area contributed by atoms with Crippen LogP contribution in [0.2, 0.25) is 0 Å². The lowest BCUT2D eigenvalue weighted by Crippen LogP contribution is -2.16. The van der Waals surface area contributed by atoms with E-state index in [1.165, 1.54) is 11.0 Å². The fourth-order valence-corrected chi connectivity index (χ4v) is 3.00. The lowest BCUT2D eigenvalue weighted by Gasteiger charge is -2.00. The number of thiophene rings is 1. The zero-order chi connectivity index (χ0) is 15.5. The van der Waals surface area contributed by atoms with Gasteiger partial charge in [-0.3, -0.25) is 4.79 Å². The van der Waals surface area contributed by atoms with Gasteiger partial charge in [0.1, 0.15) is 16.9 Å². The van der Waals surface area contributed by atoms with Crippen molar-refractivity contribution >= 4 is 27.8 Å². The summed E-state index contributed by atoms with van der Waals surface area (Å²) >= 11 is 1.55. The molecule has 0 N–H and O–H groups in total. The summed E-state index contributed by atoms with van der Waals surface area (Å²) in [6.07, 6.45) is 3.97. The van der Waals surface area contributed by atoms with Crippen molar-refractivity contribution in [2.24, 2.45) is 5.10 Å². The normalized spacial score (nSPS) is 11.4. The molecule has 0 unspecified atom stereocenters. The van der Waals surface area contributed by atoms with Crippen LogP contribution in [0.4, 0.5) is 0 Å². The van der Waals surface area contributed by atoms with E-state index in [1.54, 1.807) is 24.7 Å². The van der Waals surface area contributed by atoms with Crippen molar-refractivity contribution in [3.05, 3.63) is 57.5 Å². The van der Waals surface area contributed by atoms with Crippen LogP contribution >= 0.6 is 11.3 Å². The van der Waals surface area contributed by atoms with Gasteiger partial charge in [-0.05, 0) is 30.2 Å². The van der Waals surface area contributed by atoms with Crippen molar-refractivity contribution in [2.75, 3.05) is 7.11 Å². The van der Waals surface area contributed by atoms with Gasteiger partial charge in [0.25, 0.3) is 5.56 Å². The van der Waals surface area contributed by atoms with E-state index < -0.39 is 0 Å². The second-order valence-electron chi connectivity index (χ2n) is 4.70. The molecule has 2 aromatic heterocycles. The molecule has 3 rings (SSSR count). The predicted molar refractivity (Wildman–Crippen MR) is 89.2 cm³/mol. The molecule has 22 heavy (non-hydrogen) atoms. The molecule has 5 nitrogen and oxygen atoms in total. The number of methoxy groups -OCH3 is 1. The Hall–Kier alpha value is -2.47. The van der Waals surface area contributed by atoms with E-state index in [0.29, 0.717) is 5.39 Å². The first-order valence-corrected chi connectivity index (χ1v) is 7.71. The van der Waals surface area contributed by atoms with Gasteiger partial charge in [0.15, 0.2) is 0 Å². The smallest absolute Gasteiger partial charge is 0.282 e. The van der Waals surface area contributed by atoms with Crippen LogP contribution in [-0.4, -0.2) is 23.0 Å². The van der Waals surface area contributed by atoms with E-state index in [1.807, 2.05) is 30.3 Å². The second kappa shape index (κ2) is 6.11. The van der Waals surface area contributed by atoms with Crippen LogP contribution in [0, 0.1) is 0 Å². The topological polar surface area (TPSA) is 56.5 Å². The number of fused-ring (bicyclic) bond motifs is 1. The van der Waals surface area contributed by atoms with E-state index in [9.17, 15) is 4.79 Å². The molecular weight excluding hydrogens is 298 g/mol. The molecule has 6 heteroatoms. The molecule has 3 aromatic rings. The summed E-state index contributed by atoms with van der Waals surface area (Å²) in [4.78, 5) is 18.6. The third-order valence-corrected chi connectivity index (χ3v) is 4.45. The van der Waals surface area contributed by atoms with Crippen molar-refractivity contribution in [3.63, 3.8) is 0 Å². The Morgan fingerprint density at radius 3 is 3.05 bits per heavy atom. The number of aromatic nitrogens is 2. The third kappa shape index (κ3) is 2.78. The van der Waals surface area contributed by atoms with Gasteiger partial charge in [0, 0.05) is 4.88 Å². The Bertz CT molecular complexity index is 896. The number of hydrogen-bond donors (Lipinski definition) is 0. The van der Waals surface area contributed by atoms with Gasteiger partial charge in [0.2, 0.25) is 0 Å². The maximum Gasteiger partial charge on any atom is 0.282 e. The third-order valence-electron chi connectivity index (χ3n) is 3.26. The molecule has 0 radical (unpaired) electrons. The van der Waals surface area contributed by atoms with E-state index in [4.69, 9.17) is 4.74 Å². The minimum atomic E-state index is -0.153. The van der Waals surface area contributed by atoms with Gasteiger partial charge in [0.05, 0.1) is 18.7 Å². The Balaban J connectivity index is 1.97. The predicted octanol–water partition coefficient (Wildman–Crippen LogP) is 2.91. The van der Waals surface area contributed by atoms with Gasteiger partial charge in [-0.2, -0.15) is 9.78 Å². The minimum Gasteiger partial charge on any atom is -0.497 e. The first kappa shape index (κ1) is 14.5. The Morgan fingerprint density at radius 2 is 2.27 bits per heavy atom. The fraction of sp³-hybridized carbons (Fsp3) is 0.188. The van der Waals surface area contributed by atoms with Crippen molar-refractivity contribution in [1.29, 1.82) is 0 Å². The molecule has 0 aliphatic rings. The molecule has 0 fully saturated rings. The number of rotatable bonds is 4. The largest absolute Gasteiger partial charge is 0.497 e. The van der Waals surface area contributed by atoms with E-state index >= 15 is 0 Å². The monoisotopic (exact) mass is 313 g/mol. The first-order valence-electron chi connectivity index (χ1n) is 6.89. The van der Waals surface area contributed by atoms with Gasteiger partial charge in [-0.1, -0.05) is 19.1 Å². The van der Waals surface area contributed by atoms with Crippen molar-refractivity contribution in [2.45, 2.75) is 13.3 Å². The maximum atomic E-state index is 12.4. The zero-order valence-electron chi connectivity index (χ0n) is 12.3. The maximum absolute atomic E-state index is 12.4. The number of aryl methyl sites for hydroxylation is 1. The van der Waals surface area contributed by atoms with Crippen LogP contribution in [0.5, 0.6) is 5.75 Å². The van der Waals surface area contributed by atoms with Crippen LogP contribution in [0.25, 0.3) is 10.2 Å². The molecule has 2 heterocycles. The lowest BCUT2D eigenvalue weighted by molar-refractivity contribution is 0.415. The van der Waals surface area contributed by atoms with E-state index in [0.717, 1.165) is 27.4 Å². The SMILES string of the molecule is CCc1cc2c(=O)n(/N=C\c3cccc(OC)c3)cnc2s1. The number of nitrogens with zero attached hydrogens (tertiary/aromatic N) is 3. The average molecular weight is 313 g/mol. The standard InChI is InChI=1S/C16H15N3O2S/c1-3-13-8-14-15(22-13)17-10-19(16(14)20)18-9-11-5-4-6-12(7-11)21-2/h4-10H,3H2,1-2H3/b18-9-. The summed E-state index contributed by atoms with van der Waals surface area (Å²) in [5.41, 5.74) is 0.700. The van der Waals surface area contributed by atoms with Crippen LogP contribution in [0.3, 0.4) is 0 Å². The van der Waals surface area contributed by atoms with Gasteiger partial charge >= 0.3 is 0 Å². The number of benzene rings is 1. The highest BCUT2D eigenvalue weighted by molar-refractivity contribution is 7.18. The summed E-state index contributed by atoms with van der Waals surface area (Å²) < 4.78 is 6.42.